The highest BCUT2D eigenvalue weighted by atomic mass is 16.8. The molecule has 4 heterocycles. The lowest BCUT2D eigenvalue weighted by Crippen LogP contribution is -2.66. The lowest BCUT2D eigenvalue weighted by Gasteiger charge is -2.52. The number of esters is 2. The number of fused-ring (bicyclic) bond motifs is 1. The van der Waals surface area contributed by atoms with Gasteiger partial charge in [0.05, 0.1) is 67.6 Å². The van der Waals surface area contributed by atoms with Crippen LogP contribution in [0.1, 0.15) is 83.5 Å². The van der Waals surface area contributed by atoms with Gasteiger partial charge in [-0.05, 0) is 94.8 Å². The minimum atomic E-state index is -2.03. The van der Waals surface area contributed by atoms with Gasteiger partial charge in [0.1, 0.15) is 86.5 Å². The number of ether oxygens (including phenoxy) is 10. The zero-order chi connectivity index (χ0) is 56.1. The maximum Gasteiger partial charge on any atom is 0.330 e. The average Bonchev–Trinajstić information content (AvgIpc) is 3.52. The standard InChI is InChI=1S/C52H82O26/c1-69-33-15-23(3-11-29(33)57)5-13-39(60)70-20-36-41(62)44(65)47(68)51(76-36)78-49-45(66)42(63)37(21-71-38(59)12-4-22-2-10-28(56)30(58)14-22)77-52(49)74-34-18-27-31(72-48(34)24-6-8-25(54)9-7-24)16-26(55)17-32(27)73-50-46(67)43(64)40(61)35(19-53)75-50/h4-5,12-13,22-37,40-58,61-68H,2-3,6-11,14-21H2,1H3/t22?,23?,24?,25?,26?,27?,28?,29?,30?,31?,32?,33?,34?,35-,36-,37-,40-,41-,42-,43+,44+,45+,46-,47-,48?,49-,50-,51+,52-/m1/s1. The quantitative estimate of drug-likeness (QED) is 0.0483. The SMILES string of the molecule is COC1CC(C=CC(=O)OC[C@H]2O[C@@H](O[C@H]3[C@H](OC4CC5C(CC(O)CC5O[C@@H]5O[C@H](CO)[C@@H](O)[C@H](O)[C@H]5O)OC4C4CCC(O)CC4)O[C@H](COC(=O)C=CC4CCC(O)C(O)C4)[C@@H](O)[C@@H]3O)[C@H](O)[C@@H](O)[C@@H]2O)CCC1O. The summed E-state index contributed by atoms with van der Waals surface area (Å²) in [4.78, 5) is 26.0. The summed E-state index contributed by atoms with van der Waals surface area (Å²) >= 11 is 0. The van der Waals surface area contributed by atoms with Crippen LogP contribution in [0.2, 0.25) is 0 Å². The first-order chi connectivity index (χ1) is 37.2. The Balaban J connectivity index is 1.03. The minimum Gasteiger partial charge on any atom is -0.460 e. The Bertz CT molecular complexity index is 1960. The molecular weight excluding hydrogens is 1040 g/mol. The molecule has 26 nitrogen and oxygen atoms in total. The first kappa shape index (κ1) is 61.6. The number of allylic oxidation sites excluding steroid dienone is 2. The summed E-state index contributed by atoms with van der Waals surface area (Å²) in [5.41, 5.74) is 0. The fraction of sp³-hybridized carbons (Fsp3) is 0.885. The van der Waals surface area contributed by atoms with Crippen LogP contribution in [0.5, 0.6) is 0 Å². The van der Waals surface area contributed by atoms with E-state index in [-0.39, 0.29) is 43.4 Å². The molecule has 8 aliphatic rings. The van der Waals surface area contributed by atoms with Gasteiger partial charge in [0.2, 0.25) is 0 Å². The molecule has 8 rings (SSSR count). The Morgan fingerprint density at radius 1 is 0.474 bits per heavy atom. The van der Waals surface area contributed by atoms with Crippen molar-refractivity contribution in [3.63, 3.8) is 0 Å². The number of aliphatic hydroxyl groups excluding tert-OH is 14. The third-order valence-corrected chi connectivity index (χ3v) is 17.2. The van der Waals surface area contributed by atoms with Crippen molar-refractivity contribution in [3.8, 4) is 0 Å². The van der Waals surface area contributed by atoms with Crippen molar-refractivity contribution in [3.05, 3.63) is 24.3 Å². The van der Waals surface area contributed by atoms with Gasteiger partial charge in [0, 0.05) is 31.6 Å². The molecule has 4 aliphatic carbocycles. The predicted molar refractivity (Wildman–Crippen MR) is 259 cm³/mol. The van der Waals surface area contributed by atoms with E-state index in [2.05, 4.69) is 0 Å². The molecule has 0 aromatic heterocycles. The molecule has 0 aromatic rings. The normalized spacial score (nSPS) is 48.6. The molecule has 0 radical (unpaired) electrons. The largest absolute Gasteiger partial charge is 0.460 e. The third kappa shape index (κ3) is 14.8. The van der Waals surface area contributed by atoms with Crippen LogP contribution >= 0.6 is 0 Å². The summed E-state index contributed by atoms with van der Waals surface area (Å²) in [7, 11) is 1.48. The van der Waals surface area contributed by atoms with E-state index in [0.717, 1.165) is 6.08 Å². The van der Waals surface area contributed by atoms with Crippen molar-refractivity contribution >= 4 is 11.9 Å². The van der Waals surface area contributed by atoms with Crippen molar-refractivity contribution in [2.75, 3.05) is 26.9 Å². The van der Waals surface area contributed by atoms with Crippen LogP contribution in [0.15, 0.2) is 24.3 Å². The summed E-state index contributed by atoms with van der Waals surface area (Å²) in [5.74, 6) is -2.99. The lowest BCUT2D eigenvalue weighted by molar-refractivity contribution is -0.380. The fourth-order valence-electron chi connectivity index (χ4n) is 12.4. The molecule has 0 aromatic carbocycles. The van der Waals surface area contributed by atoms with Crippen LogP contribution in [-0.4, -0.2) is 264 Å². The number of rotatable bonds is 17. The van der Waals surface area contributed by atoms with Crippen LogP contribution in [0.3, 0.4) is 0 Å². The molecule has 26 heteroatoms. The van der Waals surface area contributed by atoms with Gasteiger partial charge in [-0.15, -0.1) is 0 Å². The molecule has 8 fully saturated rings. The predicted octanol–water partition coefficient (Wildman–Crippen LogP) is -4.43. The van der Waals surface area contributed by atoms with E-state index in [1.54, 1.807) is 6.08 Å². The molecular formula is C52H82O26. The molecule has 4 saturated heterocycles. The van der Waals surface area contributed by atoms with E-state index in [4.69, 9.17) is 47.4 Å². The van der Waals surface area contributed by atoms with E-state index in [0.29, 0.717) is 57.8 Å². The van der Waals surface area contributed by atoms with Gasteiger partial charge in [0.25, 0.3) is 0 Å². The Labute approximate surface area is 451 Å². The van der Waals surface area contributed by atoms with Gasteiger partial charge in [0.15, 0.2) is 18.9 Å². The van der Waals surface area contributed by atoms with Crippen LogP contribution in [0, 0.1) is 23.7 Å². The number of aliphatic hydroxyl groups is 14. The molecule has 78 heavy (non-hydrogen) atoms. The van der Waals surface area contributed by atoms with E-state index >= 15 is 0 Å². The Kier molecular flexibility index (Phi) is 21.9. The fourth-order valence-corrected chi connectivity index (χ4v) is 12.4. The highest BCUT2D eigenvalue weighted by Crippen LogP contribution is 2.45. The van der Waals surface area contributed by atoms with Gasteiger partial charge < -0.3 is 119 Å². The molecule has 446 valence electrons. The van der Waals surface area contributed by atoms with Gasteiger partial charge in [-0.3, -0.25) is 0 Å². The first-order valence-electron chi connectivity index (χ1n) is 27.5. The lowest BCUT2D eigenvalue weighted by atomic mass is 9.73. The van der Waals surface area contributed by atoms with E-state index in [1.165, 1.54) is 19.3 Å². The highest BCUT2D eigenvalue weighted by Gasteiger charge is 2.56. The van der Waals surface area contributed by atoms with E-state index in [1.807, 2.05) is 0 Å². The topological polar surface area (TPSA) is 410 Å². The molecule has 14 N–H and O–H groups in total. The maximum absolute atomic E-state index is 13.1. The summed E-state index contributed by atoms with van der Waals surface area (Å²) in [6.45, 7) is -2.04. The minimum absolute atomic E-state index is 0.0213. The van der Waals surface area contributed by atoms with Crippen LogP contribution in [0.25, 0.3) is 0 Å². The zero-order valence-electron chi connectivity index (χ0n) is 43.5. The molecule has 4 saturated carbocycles. The Morgan fingerprint density at radius 3 is 1.62 bits per heavy atom. The number of carbonyl (C=O) groups excluding carboxylic acids is 2. The van der Waals surface area contributed by atoms with Gasteiger partial charge in [-0.25, -0.2) is 9.59 Å². The highest BCUT2D eigenvalue weighted by molar-refractivity contribution is 5.82. The Hall–Kier alpha value is -2.46. The summed E-state index contributed by atoms with van der Waals surface area (Å²) in [6.07, 6.45) is -24.5. The second kappa shape index (κ2) is 27.7. The van der Waals surface area contributed by atoms with E-state index in [9.17, 15) is 81.1 Å². The summed E-state index contributed by atoms with van der Waals surface area (Å²) in [5, 5.41) is 151. The number of hydrogen-bond donors (Lipinski definition) is 14. The average molecular weight is 1120 g/mol. The van der Waals surface area contributed by atoms with Crippen molar-refractivity contribution in [2.45, 2.75) is 237 Å². The number of methoxy groups -OCH3 is 1. The molecule has 0 bridgehead atoms. The van der Waals surface area contributed by atoms with Crippen molar-refractivity contribution in [1.82, 2.24) is 0 Å². The van der Waals surface area contributed by atoms with Crippen LogP contribution in [-0.2, 0) is 57.0 Å². The summed E-state index contributed by atoms with van der Waals surface area (Å²) in [6, 6.07) is 0. The second-order valence-corrected chi connectivity index (χ2v) is 22.5. The van der Waals surface area contributed by atoms with Crippen LogP contribution < -0.4 is 0 Å². The number of hydrogen-bond acceptors (Lipinski definition) is 26. The number of carbonyl (C=O) groups is 2. The molecule has 0 spiro atoms. The smallest absolute Gasteiger partial charge is 0.330 e. The zero-order valence-corrected chi connectivity index (χ0v) is 43.5. The van der Waals surface area contributed by atoms with Gasteiger partial charge >= 0.3 is 11.9 Å². The second-order valence-electron chi connectivity index (χ2n) is 22.5. The molecule has 27 atom stereocenters. The molecule has 4 aliphatic heterocycles. The first-order valence-corrected chi connectivity index (χ1v) is 27.5. The van der Waals surface area contributed by atoms with Crippen molar-refractivity contribution < 1.29 is 128 Å². The monoisotopic (exact) mass is 1120 g/mol. The van der Waals surface area contributed by atoms with Crippen molar-refractivity contribution in [1.29, 1.82) is 0 Å². The molecule has 0 amide bonds. The van der Waals surface area contributed by atoms with E-state index < -0.39 is 191 Å². The van der Waals surface area contributed by atoms with Gasteiger partial charge in [-0.2, -0.15) is 0 Å². The third-order valence-electron chi connectivity index (χ3n) is 17.2. The maximum atomic E-state index is 13.1. The van der Waals surface area contributed by atoms with Crippen LogP contribution in [0.4, 0.5) is 0 Å². The van der Waals surface area contributed by atoms with Crippen molar-refractivity contribution in [2.24, 2.45) is 23.7 Å². The van der Waals surface area contributed by atoms with Gasteiger partial charge in [-0.1, -0.05) is 12.2 Å². The molecule has 12 unspecified atom stereocenters. The summed E-state index contributed by atoms with van der Waals surface area (Å²) < 4.78 is 60.2. The Morgan fingerprint density at radius 2 is 1.01 bits per heavy atom.